The van der Waals surface area contributed by atoms with Crippen LogP contribution in [0.3, 0.4) is 0 Å². The fraction of sp³-hybridized carbons (Fsp3) is 0.500. The lowest BCUT2D eigenvalue weighted by molar-refractivity contribution is 0.0598. The van der Waals surface area contributed by atoms with Crippen molar-refractivity contribution < 1.29 is 14.0 Å². The van der Waals surface area contributed by atoms with Crippen molar-refractivity contribution in [1.29, 1.82) is 0 Å². The molecule has 0 unspecified atom stereocenters. The van der Waals surface area contributed by atoms with Crippen LogP contribution in [-0.4, -0.2) is 22.8 Å². The molecule has 1 aromatic rings. The van der Waals surface area contributed by atoms with Gasteiger partial charge < -0.3 is 9.16 Å². The van der Waals surface area contributed by atoms with Crippen LogP contribution in [0.5, 0.6) is 5.75 Å². The van der Waals surface area contributed by atoms with E-state index < -0.39 is 9.76 Å². The van der Waals surface area contributed by atoms with Crippen LogP contribution in [0.1, 0.15) is 38.1 Å². The minimum absolute atomic E-state index is 0.184. The van der Waals surface area contributed by atoms with Crippen molar-refractivity contribution in [2.24, 2.45) is 5.92 Å². The Morgan fingerprint density at radius 2 is 2.11 bits per heavy atom. The highest BCUT2D eigenvalue weighted by Gasteiger charge is 2.25. The molecule has 0 saturated carbocycles. The summed E-state index contributed by atoms with van der Waals surface area (Å²) in [6, 6.07) is 8.01. The summed E-state index contributed by atoms with van der Waals surface area (Å²) in [4.78, 5) is 11.6. The standard InChI is InChI=1S/C14H21O3Si/c1-10(2)14(3,4)18-17-12-9-7-6-8-11(12)13(15)16-5/h6,8-10H,18H2,1-5H3. The Balaban J connectivity index is 2.82. The monoisotopic (exact) mass is 265 g/mol. The molecular weight excluding hydrogens is 244 g/mol. The van der Waals surface area contributed by atoms with Crippen molar-refractivity contribution in [2.75, 3.05) is 7.11 Å². The second-order valence-corrected chi connectivity index (χ2v) is 7.75. The van der Waals surface area contributed by atoms with Gasteiger partial charge in [0.1, 0.15) is 11.3 Å². The van der Waals surface area contributed by atoms with Crippen LogP contribution in [0.15, 0.2) is 18.2 Å². The molecule has 0 bridgehead atoms. The third-order valence-corrected chi connectivity index (χ3v) is 5.41. The van der Waals surface area contributed by atoms with E-state index in [0.29, 0.717) is 17.2 Å². The summed E-state index contributed by atoms with van der Waals surface area (Å²) >= 11 is 0. The first kappa shape index (κ1) is 14.8. The van der Waals surface area contributed by atoms with Gasteiger partial charge in [0, 0.05) is 0 Å². The maximum absolute atomic E-state index is 11.6. The van der Waals surface area contributed by atoms with Crippen molar-refractivity contribution in [2.45, 2.75) is 32.7 Å². The molecule has 18 heavy (non-hydrogen) atoms. The molecule has 4 heteroatoms. The smallest absolute Gasteiger partial charge is 0.341 e. The van der Waals surface area contributed by atoms with Gasteiger partial charge in [0.2, 0.25) is 9.76 Å². The zero-order valence-corrected chi connectivity index (χ0v) is 13.2. The molecule has 0 spiro atoms. The highest BCUT2D eigenvalue weighted by Crippen LogP contribution is 2.33. The second-order valence-electron chi connectivity index (χ2n) is 5.35. The lowest BCUT2D eigenvalue weighted by Crippen LogP contribution is -2.24. The molecular formula is C14H21O3Si. The summed E-state index contributed by atoms with van der Waals surface area (Å²) in [7, 11) is 0.578. The molecule has 0 aliphatic rings. The molecule has 0 heterocycles. The Bertz CT molecular complexity index is 413. The molecule has 1 radical (unpaired) electrons. The van der Waals surface area contributed by atoms with Crippen LogP contribution in [0.4, 0.5) is 0 Å². The minimum Gasteiger partial charge on any atom is -0.548 e. The maximum atomic E-state index is 11.6. The summed E-state index contributed by atoms with van der Waals surface area (Å²) in [6.45, 7) is 8.78. The van der Waals surface area contributed by atoms with E-state index >= 15 is 0 Å². The SMILES string of the molecule is COC(=O)c1cc[c]cc1O[SiH2]C(C)(C)C(C)C. The van der Waals surface area contributed by atoms with Gasteiger partial charge >= 0.3 is 5.97 Å². The van der Waals surface area contributed by atoms with Crippen molar-refractivity contribution in [1.82, 2.24) is 0 Å². The molecule has 1 aromatic carbocycles. The maximum Gasteiger partial charge on any atom is 0.341 e. The number of hydrogen-bond acceptors (Lipinski definition) is 3. The first-order valence-corrected chi connectivity index (χ1v) is 7.38. The van der Waals surface area contributed by atoms with Crippen molar-refractivity contribution in [3.8, 4) is 5.75 Å². The first-order valence-electron chi connectivity index (χ1n) is 6.09. The lowest BCUT2D eigenvalue weighted by Gasteiger charge is -2.28. The predicted octanol–water partition coefficient (Wildman–Crippen LogP) is 2.59. The number of carbonyl (C=O) groups excluding carboxylic acids is 1. The first-order chi connectivity index (χ1) is 8.38. The van der Waals surface area contributed by atoms with Crippen molar-refractivity contribution in [3.63, 3.8) is 0 Å². The number of ether oxygens (including phenoxy) is 1. The van der Waals surface area contributed by atoms with Gasteiger partial charge in [0.25, 0.3) is 0 Å². The zero-order chi connectivity index (χ0) is 13.8. The van der Waals surface area contributed by atoms with E-state index in [1.807, 2.05) is 0 Å². The average Bonchev–Trinajstić information content (AvgIpc) is 2.35. The van der Waals surface area contributed by atoms with Crippen LogP contribution in [-0.2, 0) is 4.74 Å². The van der Waals surface area contributed by atoms with Gasteiger partial charge in [-0.2, -0.15) is 0 Å². The van der Waals surface area contributed by atoms with Gasteiger partial charge in [-0.05, 0) is 29.2 Å². The van der Waals surface area contributed by atoms with Gasteiger partial charge in [-0.15, -0.1) is 0 Å². The van der Waals surface area contributed by atoms with Crippen molar-refractivity contribution >= 4 is 15.7 Å². The molecule has 0 aliphatic heterocycles. The van der Waals surface area contributed by atoms with Gasteiger partial charge in [0.05, 0.1) is 7.11 Å². The lowest BCUT2D eigenvalue weighted by atomic mass is 9.99. The van der Waals surface area contributed by atoms with Gasteiger partial charge in [-0.25, -0.2) is 4.79 Å². The Morgan fingerprint density at radius 1 is 1.44 bits per heavy atom. The number of methoxy groups -OCH3 is 1. The molecule has 0 amide bonds. The molecule has 0 N–H and O–H groups in total. The molecule has 0 saturated heterocycles. The zero-order valence-electron chi connectivity index (χ0n) is 11.7. The third-order valence-electron chi connectivity index (χ3n) is 3.39. The highest BCUT2D eigenvalue weighted by atomic mass is 28.2. The topological polar surface area (TPSA) is 35.5 Å². The largest absolute Gasteiger partial charge is 0.548 e. The molecule has 99 valence electrons. The number of carbonyl (C=O) groups is 1. The highest BCUT2D eigenvalue weighted by molar-refractivity contribution is 6.33. The summed E-state index contributed by atoms with van der Waals surface area (Å²) in [6.07, 6.45) is 0. The van der Waals surface area contributed by atoms with E-state index in [9.17, 15) is 4.79 Å². The van der Waals surface area contributed by atoms with E-state index in [4.69, 9.17) is 9.16 Å². The van der Waals surface area contributed by atoms with Gasteiger partial charge in [0.15, 0.2) is 0 Å². The fourth-order valence-electron chi connectivity index (χ4n) is 1.24. The van der Waals surface area contributed by atoms with Crippen LogP contribution in [0.25, 0.3) is 0 Å². The Labute approximate surface area is 111 Å². The normalized spacial score (nSPS) is 12.1. The molecule has 1 rings (SSSR count). The van der Waals surface area contributed by atoms with Gasteiger partial charge in [-0.1, -0.05) is 33.8 Å². The third kappa shape index (κ3) is 3.60. The second kappa shape index (κ2) is 6.04. The summed E-state index contributed by atoms with van der Waals surface area (Å²) in [5, 5.41) is 0.184. The van der Waals surface area contributed by atoms with Crippen LogP contribution in [0, 0.1) is 12.0 Å². The van der Waals surface area contributed by atoms with E-state index in [0.717, 1.165) is 0 Å². The Kier molecular flexibility index (Phi) is 4.96. The molecule has 0 aromatic heterocycles. The molecule has 0 aliphatic carbocycles. The van der Waals surface area contributed by atoms with E-state index in [2.05, 4.69) is 33.8 Å². The van der Waals surface area contributed by atoms with Crippen LogP contribution in [0.2, 0.25) is 5.04 Å². The van der Waals surface area contributed by atoms with Crippen LogP contribution < -0.4 is 4.43 Å². The van der Waals surface area contributed by atoms with E-state index in [1.165, 1.54) is 7.11 Å². The Morgan fingerprint density at radius 3 is 2.67 bits per heavy atom. The number of esters is 1. The summed E-state index contributed by atoms with van der Waals surface area (Å²) < 4.78 is 10.6. The summed E-state index contributed by atoms with van der Waals surface area (Å²) in [5.74, 6) is 0.776. The van der Waals surface area contributed by atoms with Gasteiger partial charge in [-0.3, -0.25) is 0 Å². The molecule has 0 atom stereocenters. The number of benzene rings is 1. The Hall–Kier alpha value is -1.29. The predicted molar refractivity (Wildman–Crippen MR) is 74.7 cm³/mol. The fourth-order valence-corrected chi connectivity index (χ4v) is 2.34. The number of hydrogen-bond donors (Lipinski definition) is 0. The average molecular weight is 265 g/mol. The van der Waals surface area contributed by atoms with E-state index in [-0.39, 0.29) is 11.0 Å². The van der Waals surface area contributed by atoms with E-state index in [1.54, 1.807) is 18.2 Å². The molecule has 0 fully saturated rings. The van der Waals surface area contributed by atoms with Crippen molar-refractivity contribution in [3.05, 3.63) is 29.8 Å². The minimum atomic E-state index is -0.795. The molecule has 3 nitrogen and oxygen atoms in total. The number of rotatable bonds is 5. The van der Waals surface area contributed by atoms with Crippen LogP contribution >= 0.6 is 0 Å². The summed E-state index contributed by atoms with van der Waals surface area (Å²) in [5.41, 5.74) is 0.475. The quantitative estimate of drug-likeness (QED) is 0.606.